The van der Waals surface area contributed by atoms with E-state index in [1.165, 1.54) is 6.07 Å². The number of fused-ring (bicyclic) bond motifs is 3. The van der Waals surface area contributed by atoms with Crippen LogP contribution in [0.5, 0.6) is 0 Å². The Morgan fingerprint density at radius 1 is 1.12 bits per heavy atom. The molecule has 164 valence electrons. The van der Waals surface area contributed by atoms with Gasteiger partial charge in [-0.25, -0.2) is 14.4 Å². The van der Waals surface area contributed by atoms with Crippen molar-refractivity contribution in [2.45, 2.75) is 25.6 Å². The van der Waals surface area contributed by atoms with Gasteiger partial charge in [0.25, 0.3) is 0 Å². The lowest BCUT2D eigenvalue weighted by molar-refractivity contribution is -0.141. The second-order valence-corrected chi connectivity index (χ2v) is 8.23. The van der Waals surface area contributed by atoms with E-state index in [2.05, 4.69) is 15.0 Å². The van der Waals surface area contributed by atoms with Crippen LogP contribution in [-0.4, -0.2) is 21.5 Å². The van der Waals surface area contributed by atoms with E-state index >= 15 is 0 Å². The molecular weight excluding hydrogens is 444 g/mol. The summed E-state index contributed by atoms with van der Waals surface area (Å²) in [5.41, 5.74) is 3.21. The second kappa shape index (κ2) is 7.48. The van der Waals surface area contributed by atoms with Gasteiger partial charge in [0, 0.05) is 29.3 Å². The number of benzene rings is 2. The normalized spacial score (nSPS) is 16.4. The smallest absolute Gasteiger partial charge is 0.356 e. The zero-order chi connectivity index (χ0) is 22.6. The quantitative estimate of drug-likeness (QED) is 0.361. The summed E-state index contributed by atoms with van der Waals surface area (Å²) in [5.74, 6) is -0.554. The van der Waals surface area contributed by atoms with E-state index in [1.54, 1.807) is 11.0 Å². The summed E-state index contributed by atoms with van der Waals surface area (Å²) in [6, 6.07) is 11.0. The number of nitrogens with zero attached hydrogens (tertiary/aromatic N) is 3. The van der Waals surface area contributed by atoms with Gasteiger partial charge in [-0.1, -0.05) is 41.4 Å². The molecule has 1 aliphatic rings. The van der Waals surface area contributed by atoms with Gasteiger partial charge in [-0.15, -0.1) is 0 Å². The molecule has 1 N–H and O–H groups in total. The van der Waals surface area contributed by atoms with Crippen molar-refractivity contribution >= 4 is 28.5 Å². The number of nitrogens with one attached hydrogen (secondary N) is 1. The first-order chi connectivity index (χ1) is 15.2. The number of aryl methyl sites for hydroxylation is 1. The van der Waals surface area contributed by atoms with Crippen LogP contribution in [0.25, 0.3) is 10.9 Å². The van der Waals surface area contributed by atoms with E-state index in [4.69, 9.17) is 11.6 Å². The number of hydrogen-bond acceptors (Lipinski definition) is 3. The molecule has 32 heavy (non-hydrogen) atoms. The van der Waals surface area contributed by atoms with E-state index in [-0.39, 0.29) is 11.0 Å². The SMILES string of the molecule is Cc1ccc(C2c3[nH]c4cc(F)c(Cl)cc4c3CCN2c2nccc(C(F)(F)F)n2)cc1. The topological polar surface area (TPSA) is 44.8 Å². The monoisotopic (exact) mass is 460 g/mol. The molecule has 0 aliphatic carbocycles. The van der Waals surface area contributed by atoms with Gasteiger partial charge in [0.1, 0.15) is 11.5 Å². The number of alkyl halides is 3. The first kappa shape index (κ1) is 20.8. The molecule has 3 heterocycles. The van der Waals surface area contributed by atoms with Crippen LogP contribution in [0.3, 0.4) is 0 Å². The molecule has 0 saturated carbocycles. The molecule has 1 atom stereocenters. The van der Waals surface area contributed by atoms with Gasteiger partial charge in [-0.05, 0) is 42.7 Å². The van der Waals surface area contributed by atoms with Crippen LogP contribution in [0, 0.1) is 12.7 Å². The highest BCUT2D eigenvalue weighted by molar-refractivity contribution is 6.31. The minimum atomic E-state index is -4.58. The van der Waals surface area contributed by atoms with Crippen LogP contribution >= 0.6 is 11.6 Å². The lowest BCUT2D eigenvalue weighted by atomic mass is 9.92. The predicted octanol–water partition coefficient (Wildman–Crippen LogP) is 6.23. The Labute approximate surface area is 185 Å². The molecular formula is C23H17ClF4N4. The fraction of sp³-hybridized carbons (Fsp3) is 0.217. The summed E-state index contributed by atoms with van der Waals surface area (Å²) in [4.78, 5) is 13.0. The predicted molar refractivity (Wildman–Crippen MR) is 114 cm³/mol. The summed E-state index contributed by atoms with van der Waals surface area (Å²) in [5, 5.41) is 0.822. The molecule has 2 aromatic carbocycles. The molecule has 4 nitrogen and oxygen atoms in total. The standard InChI is InChI=1S/C23H17ClF4N4/c1-12-2-4-13(5-3-12)21-20-14(15-10-16(24)17(25)11-18(15)30-20)7-9-32(21)22-29-8-6-19(31-22)23(26,27)28/h2-6,8,10-11,21,30H,7,9H2,1H3. The van der Waals surface area contributed by atoms with E-state index in [1.807, 2.05) is 31.2 Å². The van der Waals surface area contributed by atoms with Crippen LogP contribution in [0.4, 0.5) is 23.5 Å². The zero-order valence-corrected chi connectivity index (χ0v) is 17.6. The van der Waals surface area contributed by atoms with Gasteiger partial charge in [0.05, 0.1) is 11.1 Å². The maximum absolute atomic E-state index is 14.1. The summed E-state index contributed by atoms with van der Waals surface area (Å²) in [6.45, 7) is 2.34. The average molecular weight is 461 g/mol. The number of aromatic amines is 1. The van der Waals surface area contributed by atoms with Crippen molar-refractivity contribution in [2.24, 2.45) is 0 Å². The number of hydrogen-bond donors (Lipinski definition) is 1. The number of aromatic nitrogens is 3. The highest BCUT2D eigenvalue weighted by atomic mass is 35.5. The molecule has 2 aromatic heterocycles. The van der Waals surface area contributed by atoms with E-state index in [9.17, 15) is 17.6 Å². The van der Waals surface area contributed by atoms with E-state index in [0.29, 0.717) is 18.5 Å². The van der Waals surface area contributed by atoms with Crippen molar-refractivity contribution < 1.29 is 17.6 Å². The van der Waals surface area contributed by atoms with E-state index < -0.39 is 23.7 Å². The maximum Gasteiger partial charge on any atom is 0.433 e. The van der Waals surface area contributed by atoms with Gasteiger partial charge in [-0.2, -0.15) is 13.2 Å². The Morgan fingerprint density at radius 3 is 2.59 bits per heavy atom. The third-order valence-corrected chi connectivity index (χ3v) is 6.04. The van der Waals surface area contributed by atoms with Crippen LogP contribution in [0.1, 0.15) is 34.1 Å². The fourth-order valence-electron chi connectivity index (χ4n) is 4.24. The van der Waals surface area contributed by atoms with Crippen molar-refractivity contribution in [3.8, 4) is 0 Å². The molecule has 1 unspecified atom stereocenters. The number of halogens is 5. The van der Waals surface area contributed by atoms with Gasteiger partial charge in [0.2, 0.25) is 5.95 Å². The Morgan fingerprint density at radius 2 is 1.88 bits per heavy atom. The fourth-order valence-corrected chi connectivity index (χ4v) is 4.40. The summed E-state index contributed by atoms with van der Waals surface area (Å²) in [7, 11) is 0. The number of H-pyrrole nitrogens is 1. The molecule has 0 bridgehead atoms. The summed E-state index contributed by atoms with van der Waals surface area (Å²) >= 11 is 6.02. The molecule has 5 rings (SSSR count). The van der Waals surface area contributed by atoms with Crippen molar-refractivity contribution in [2.75, 3.05) is 11.4 Å². The molecule has 0 spiro atoms. The zero-order valence-electron chi connectivity index (χ0n) is 16.8. The third kappa shape index (κ3) is 3.48. The minimum Gasteiger partial charge on any atom is -0.356 e. The second-order valence-electron chi connectivity index (χ2n) is 7.83. The third-order valence-electron chi connectivity index (χ3n) is 5.75. The van der Waals surface area contributed by atoms with Crippen LogP contribution in [-0.2, 0) is 12.6 Å². The van der Waals surface area contributed by atoms with Gasteiger partial charge in [0.15, 0.2) is 0 Å². The van der Waals surface area contributed by atoms with Crippen LogP contribution in [0.15, 0.2) is 48.7 Å². The minimum absolute atomic E-state index is 0.0149. The largest absolute Gasteiger partial charge is 0.433 e. The molecule has 0 radical (unpaired) electrons. The van der Waals surface area contributed by atoms with E-state index in [0.717, 1.165) is 40.0 Å². The van der Waals surface area contributed by atoms with Gasteiger partial charge < -0.3 is 9.88 Å². The molecule has 9 heteroatoms. The Hall–Kier alpha value is -3.13. The summed E-state index contributed by atoms with van der Waals surface area (Å²) < 4.78 is 54.0. The summed E-state index contributed by atoms with van der Waals surface area (Å²) in [6.07, 6.45) is -2.94. The van der Waals surface area contributed by atoms with Crippen molar-refractivity contribution in [1.29, 1.82) is 0 Å². The lowest BCUT2D eigenvalue weighted by Gasteiger charge is -2.36. The van der Waals surface area contributed by atoms with Crippen LogP contribution in [0.2, 0.25) is 5.02 Å². The van der Waals surface area contributed by atoms with Crippen molar-refractivity contribution in [3.05, 3.63) is 87.6 Å². The van der Waals surface area contributed by atoms with Gasteiger partial charge in [-0.3, -0.25) is 0 Å². The highest BCUT2D eigenvalue weighted by Crippen LogP contribution is 2.41. The van der Waals surface area contributed by atoms with Gasteiger partial charge >= 0.3 is 6.18 Å². The number of anilines is 1. The van der Waals surface area contributed by atoms with Crippen molar-refractivity contribution in [3.63, 3.8) is 0 Å². The molecule has 0 saturated heterocycles. The first-order valence-corrected chi connectivity index (χ1v) is 10.3. The van der Waals surface area contributed by atoms with Crippen LogP contribution < -0.4 is 4.90 Å². The highest BCUT2D eigenvalue weighted by Gasteiger charge is 2.36. The maximum atomic E-state index is 14.1. The Bertz CT molecular complexity index is 1310. The Kier molecular flexibility index (Phi) is 4.85. The van der Waals surface area contributed by atoms with Crippen molar-refractivity contribution in [1.82, 2.24) is 15.0 Å². The molecule has 0 fully saturated rings. The first-order valence-electron chi connectivity index (χ1n) is 9.95. The molecule has 4 aromatic rings. The Balaban J connectivity index is 1.70. The lowest BCUT2D eigenvalue weighted by Crippen LogP contribution is -2.37. The average Bonchev–Trinajstić information content (AvgIpc) is 3.11. The molecule has 1 aliphatic heterocycles. The molecule has 0 amide bonds. The number of rotatable bonds is 2.